The summed E-state index contributed by atoms with van der Waals surface area (Å²) in [5, 5.41) is 2.39. The minimum absolute atomic E-state index is 0.197. The molecule has 0 aliphatic rings. The number of benzene rings is 1. The van der Waals surface area contributed by atoms with Gasteiger partial charge in [-0.2, -0.15) is 0 Å². The van der Waals surface area contributed by atoms with Gasteiger partial charge >= 0.3 is 0 Å². The van der Waals surface area contributed by atoms with Crippen LogP contribution in [0, 0.1) is 11.6 Å². The lowest BCUT2D eigenvalue weighted by atomic mass is 10.3. The monoisotopic (exact) mass is 215 g/mol. The SMILES string of the molecule is COC(C)C(=O)Nc1ccc(F)c(F)c1. The van der Waals surface area contributed by atoms with Gasteiger partial charge in [0.2, 0.25) is 0 Å². The number of anilines is 1. The molecule has 0 spiro atoms. The largest absolute Gasteiger partial charge is 0.372 e. The van der Waals surface area contributed by atoms with Gasteiger partial charge in [-0.1, -0.05) is 0 Å². The third-order valence-corrected chi connectivity index (χ3v) is 1.91. The van der Waals surface area contributed by atoms with E-state index in [1.54, 1.807) is 6.92 Å². The molecule has 0 aliphatic heterocycles. The first kappa shape index (κ1) is 11.6. The Bertz CT molecular complexity index is 368. The number of methoxy groups -OCH3 is 1. The van der Waals surface area contributed by atoms with E-state index in [9.17, 15) is 13.6 Å². The van der Waals surface area contributed by atoms with E-state index in [1.165, 1.54) is 13.2 Å². The van der Waals surface area contributed by atoms with Crippen LogP contribution >= 0.6 is 0 Å². The van der Waals surface area contributed by atoms with Crippen molar-refractivity contribution in [2.24, 2.45) is 0 Å². The van der Waals surface area contributed by atoms with Crippen LogP contribution in [-0.4, -0.2) is 19.1 Å². The molecule has 3 nitrogen and oxygen atoms in total. The number of rotatable bonds is 3. The van der Waals surface area contributed by atoms with Gasteiger partial charge in [-0.05, 0) is 19.1 Å². The highest BCUT2D eigenvalue weighted by Crippen LogP contribution is 2.13. The number of carbonyl (C=O) groups is 1. The quantitative estimate of drug-likeness (QED) is 0.836. The summed E-state index contributed by atoms with van der Waals surface area (Å²) in [6.45, 7) is 1.55. The average molecular weight is 215 g/mol. The molecule has 1 aromatic rings. The second-order valence-corrected chi connectivity index (χ2v) is 3.00. The summed E-state index contributed by atoms with van der Waals surface area (Å²) in [6.07, 6.45) is -0.641. The number of carbonyl (C=O) groups excluding carboxylic acids is 1. The molecule has 1 N–H and O–H groups in total. The van der Waals surface area contributed by atoms with Crippen LogP contribution in [-0.2, 0) is 9.53 Å². The normalized spacial score (nSPS) is 12.3. The zero-order chi connectivity index (χ0) is 11.4. The summed E-state index contributed by atoms with van der Waals surface area (Å²) in [5.74, 6) is -2.37. The van der Waals surface area contributed by atoms with Gasteiger partial charge in [0.1, 0.15) is 6.10 Å². The molecule has 15 heavy (non-hydrogen) atoms. The van der Waals surface area contributed by atoms with Gasteiger partial charge in [0.25, 0.3) is 5.91 Å². The highest BCUT2D eigenvalue weighted by atomic mass is 19.2. The first-order valence-electron chi connectivity index (χ1n) is 4.33. The second-order valence-electron chi connectivity index (χ2n) is 3.00. The lowest BCUT2D eigenvalue weighted by Gasteiger charge is -2.10. The fraction of sp³-hybridized carbons (Fsp3) is 0.300. The Hall–Kier alpha value is -1.49. The first-order chi connectivity index (χ1) is 7.04. The zero-order valence-electron chi connectivity index (χ0n) is 8.38. The Morgan fingerprint density at radius 3 is 2.60 bits per heavy atom. The van der Waals surface area contributed by atoms with Crippen LogP contribution < -0.4 is 5.32 Å². The molecule has 1 rings (SSSR count). The topological polar surface area (TPSA) is 38.3 Å². The predicted molar refractivity (Wildman–Crippen MR) is 51.5 cm³/mol. The molecule has 0 fully saturated rings. The van der Waals surface area contributed by atoms with E-state index in [2.05, 4.69) is 5.32 Å². The first-order valence-corrected chi connectivity index (χ1v) is 4.33. The van der Waals surface area contributed by atoms with Crippen LogP contribution in [0.4, 0.5) is 14.5 Å². The molecule has 1 aromatic carbocycles. The summed E-state index contributed by atoms with van der Waals surface area (Å²) < 4.78 is 30.1. The van der Waals surface area contributed by atoms with Gasteiger partial charge in [0, 0.05) is 18.9 Å². The van der Waals surface area contributed by atoms with E-state index < -0.39 is 23.6 Å². The Balaban J connectivity index is 2.73. The Kier molecular flexibility index (Phi) is 3.74. The number of nitrogens with one attached hydrogen (secondary N) is 1. The van der Waals surface area contributed by atoms with Crippen LogP contribution in [0.1, 0.15) is 6.92 Å². The molecule has 0 aromatic heterocycles. The maximum Gasteiger partial charge on any atom is 0.253 e. The van der Waals surface area contributed by atoms with Crippen molar-refractivity contribution < 1.29 is 18.3 Å². The highest BCUT2D eigenvalue weighted by molar-refractivity contribution is 5.93. The number of hydrogen-bond acceptors (Lipinski definition) is 2. The summed E-state index contributed by atoms with van der Waals surface area (Å²) >= 11 is 0. The van der Waals surface area contributed by atoms with E-state index in [-0.39, 0.29) is 5.69 Å². The molecule has 1 atom stereocenters. The van der Waals surface area contributed by atoms with Crippen LogP contribution in [0.3, 0.4) is 0 Å². The Labute approximate surface area is 86.0 Å². The van der Waals surface area contributed by atoms with Crippen LogP contribution in [0.15, 0.2) is 18.2 Å². The van der Waals surface area contributed by atoms with Crippen molar-refractivity contribution in [3.63, 3.8) is 0 Å². The van der Waals surface area contributed by atoms with Gasteiger partial charge in [-0.15, -0.1) is 0 Å². The van der Waals surface area contributed by atoms with Crippen molar-refractivity contribution in [2.45, 2.75) is 13.0 Å². The Morgan fingerprint density at radius 1 is 1.40 bits per heavy atom. The summed E-state index contributed by atoms with van der Waals surface area (Å²) in [5.41, 5.74) is 0.197. The second kappa shape index (κ2) is 4.84. The van der Waals surface area contributed by atoms with Crippen molar-refractivity contribution in [3.8, 4) is 0 Å². The third-order valence-electron chi connectivity index (χ3n) is 1.91. The van der Waals surface area contributed by atoms with Gasteiger partial charge in [0.15, 0.2) is 11.6 Å². The van der Waals surface area contributed by atoms with Crippen LogP contribution in [0.25, 0.3) is 0 Å². The van der Waals surface area contributed by atoms with Crippen molar-refractivity contribution in [1.82, 2.24) is 0 Å². The van der Waals surface area contributed by atoms with E-state index >= 15 is 0 Å². The summed E-state index contributed by atoms with van der Waals surface area (Å²) in [6, 6.07) is 3.14. The minimum Gasteiger partial charge on any atom is -0.372 e. The van der Waals surface area contributed by atoms with Crippen LogP contribution in [0.5, 0.6) is 0 Å². The van der Waals surface area contributed by atoms with E-state index in [0.29, 0.717) is 0 Å². The summed E-state index contributed by atoms with van der Waals surface area (Å²) in [7, 11) is 1.38. The number of hydrogen-bond donors (Lipinski definition) is 1. The zero-order valence-corrected chi connectivity index (χ0v) is 8.38. The van der Waals surface area contributed by atoms with Gasteiger partial charge < -0.3 is 10.1 Å². The molecular formula is C10H11F2NO2. The lowest BCUT2D eigenvalue weighted by Crippen LogP contribution is -2.26. The van der Waals surface area contributed by atoms with E-state index in [4.69, 9.17) is 4.74 Å². The van der Waals surface area contributed by atoms with Gasteiger partial charge in [0.05, 0.1) is 0 Å². The molecule has 82 valence electrons. The molecular weight excluding hydrogens is 204 g/mol. The van der Waals surface area contributed by atoms with Crippen molar-refractivity contribution in [2.75, 3.05) is 12.4 Å². The van der Waals surface area contributed by atoms with Crippen LogP contribution in [0.2, 0.25) is 0 Å². The molecule has 0 heterocycles. The molecule has 0 saturated heterocycles. The number of ether oxygens (including phenoxy) is 1. The van der Waals surface area contributed by atoms with Crippen molar-refractivity contribution >= 4 is 11.6 Å². The fourth-order valence-corrected chi connectivity index (χ4v) is 0.925. The van der Waals surface area contributed by atoms with E-state index in [1.807, 2.05) is 0 Å². The maximum atomic E-state index is 12.8. The standard InChI is InChI=1S/C10H11F2NO2/c1-6(15-2)10(14)13-7-3-4-8(11)9(12)5-7/h3-6H,1-2H3,(H,13,14). The van der Waals surface area contributed by atoms with Gasteiger partial charge in [-0.3, -0.25) is 4.79 Å². The smallest absolute Gasteiger partial charge is 0.253 e. The van der Waals surface area contributed by atoms with Crippen molar-refractivity contribution in [1.29, 1.82) is 0 Å². The molecule has 1 unspecified atom stereocenters. The fourth-order valence-electron chi connectivity index (χ4n) is 0.925. The number of halogens is 2. The minimum atomic E-state index is -1.00. The summed E-state index contributed by atoms with van der Waals surface area (Å²) in [4.78, 5) is 11.3. The average Bonchev–Trinajstić information content (AvgIpc) is 2.22. The molecule has 0 bridgehead atoms. The van der Waals surface area contributed by atoms with E-state index in [0.717, 1.165) is 12.1 Å². The predicted octanol–water partition coefficient (Wildman–Crippen LogP) is 1.94. The highest BCUT2D eigenvalue weighted by Gasteiger charge is 2.12. The molecule has 0 saturated carbocycles. The lowest BCUT2D eigenvalue weighted by molar-refractivity contribution is -0.124. The molecule has 1 amide bonds. The third kappa shape index (κ3) is 2.99. The molecule has 0 radical (unpaired) electrons. The number of amides is 1. The molecule has 0 aliphatic carbocycles. The maximum absolute atomic E-state index is 12.8. The molecule has 5 heteroatoms. The Morgan fingerprint density at radius 2 is 2.07 bits per heavy atom. The van der Waals surface area contributed by atoms with Gasteiger partial charge in [-0.25, -0.2) is 8.78 Å². The van der Waals surface area contributed by atoms with Crippen molar-refractivity contribution in [3.05, 3.63) is 29.8 Å².